The lowest BCUT2D eigenvalue weighted by molar-refractivity contribution is 0.415. The van der Waals surface area contributed by atoms with Crippen LogP contribution in [-0.2, 0) is 6.54 Å². The Bertz CT molecular complexity index is 1140. The van der Waals surface area contributed by atoms with Crippen molar-refractivity contribution < 1.29 is 4.74 Å². The maximum atomic E-state index is 5.33. The molecule has 1 aromatic heterocycles. The number of hydrogen-bond donors (Lipinski definition) is 0. The van der Waals surface area contributed by atoms with Gasteiger partial charge >= 0.3 is 0 Å². The minimum Gasteiger partial charge on any atom is -0.497 e. The topological polar surface area (TPSA) is 27.1 Å². The Morgan fingerprint density at radius 1 is 1.07 bits per heavy atom. The first-order valence-corrected chi connectivity index (χ1v) is 9.24. The molecule has 0 N–H and O–H groups in total. The molecule has 0 aliphatic rings. The minimum atomic E-state index is 0.184. The SMILES string of the molecule is C=C(C)Cn1c(C(C)c2ccc3cc(OC)ccc3c2)nc2ccccc21. The van der Waals surface area contributed by atoms with E-state index < -0.39 is 0 Å². The molecule has 1 heterocycles. The molecule has 0 fully saturated rings. The Morgan fingerprint density at radius 3 is 2.59 bits per heavy atom. The fourth-order valence-corrected chi connectivity index (χ4v) is 3.65. The zero-order chi connectivity index (χ0) is 19.0. The highest BCUT2D eigenvalue weighted by Gasteiger charge is 2.18. The predicted molar refractivity (Wildman–Crippen MR) is 113 cm³/mol. The molecule has 0 amide bonds. The first kappa shape index (κ1) is 17.3. The van der Waals surface area contributed by atoms with E-state index in [2.05, 4.69) is 73.5 Å². The summed E-state index contributed by atoms with van der Waals surface area (Å²) in [5.41, 5.74) is 4.57. The molecule has 3 nitrogen and oxygen atoms in total. The summed E-state index contributed by atoms with van der Waals surface area (Å²) >= 11 is 0. The summed E-state index contributed by atoms with van der Waals surface area (Å²) < 4.78 is 7.63. The van der Waals surface area contributed by atoms with Gasteiger partial charge in [-0.1, -0.05) is 55.5 Å². The lowest BCUT2D eigenvalue weighted by atomic mass is 9.97. The molecule has 0 saturated carbocycles. The fraction of sp³-hybridized carbons (Fsp3) is 0.208. The van der Waals surface area contributed by atoms with E-state index >= 15 is 0 Å². The second kappa shape index (κ2) is 6.92. The highest BCUT2D eigenvalue weighted by molar-refractivity contribution is 5.85. The van der Waals surface area contributed by atoms with Crippen LogP contribution < -0.4 is 4.74 Å². The molecule has 3 aromatic carbocycles. The van der Waals surface area contributed by atoms with Crippen molar-refractivity contribution in [2.75, 3.05) is 7.11 Å². The highest BCUT2D eigenvalue weighted by atomic mass is 16.5. The van der Waals surface area contributed by atoms with Crippen molar-refractivity contribution >= 4 is 21.8 Å². The van der Waals surface area contributed by atoms with Crippen molar-refractivity contribution in [1.82, 2.24) is 9.55 Å². The second-order valence-corrected chi connectivity index (χ2v) is 7.20. The molecule has 0 bridgehead atoms. The molecular weight excluding hydrogens is 332 g/mol. The van der Waals surface area contributed by atoms with Gasteiger partial charge in [-0.2, -0.15) is 0 Å². The van der Waals surface area contributed by atoms with Gasteiger partial charge in [-0.3, -0.25) is 0 Å². The molecule has 0 saturated heterocycles. The average molecular weight is 356 g/mol. The van der Waals surface area contributed by atoms with Crippen LogP contribution in [0.5, 0.6) is 5.75 Å². The Hall–Kier alpha value is -3.07. The predicted octanol–water partition coefficient (Wildman–Crippen LogP) is 5.93. The Balaban J connectivity index is 1.81. The number of imidazole rings is 1. The third kappa shape index (κ3) is 3.21. The van der Waals surface area contributed by atoms with Crippen LogP contribution >= 0.6 is 0 Å². The number of rotatable bonds is 5. The molecule has 4 aromatic rings. The standard InChI is InChI=1S/C24H24N2O/c1-16(2)15-26-23-8-6-5-7-22(23)25-24(26)17(3)18-9-10-20-14-21(27-4)12-11-19(20)13-18/h5-14,17H,1,15H2,2-4H3. The van der Waals surface area contributed by atoms with Gasteiger partial charge in [0.2, 0.25) is 0 Å². The first-order chi connectivity index (χ1) is 13.1. The minimum absolute atomic E-state index is 0.184. The Labute approximate surface area is 159 Å². The summed E-state index contributed by atoms with van der Waals surface area (Å²) in [6.07, 6.45) is 0. The van der Waals surface area contributed by atoms with Crippen LogP contribution in [0.3, 0.4) is 0 Å². The number of hydrogen-bond acceptors (Lipinski definition) is 2. The van der Waals surface area contributed by atoms with Crippen LogP contribution in [-0.4, -0.2) is 16.7 Å². The lowest BCUT2D eigenvalue weighted by Gasteiger charge is -2.16. The molecule has 0 aliphatic carbocycles. The van der Waals surface area contributed by atoms with E-state index in [4.69, 9.17) is 9.72 Å². The van der Waals surface area contributed by atoms with E-state index in [0.29, 0.717) is 0 Å². The van der Waals surface area contributed by atoms with E-state index in [1.165, 1.54) is 16.3 Å². The van der Waals surface area contributed by atoms with E-state index in [1.807, 2.05) is 12.1 Å². The third-order valence-electron chi connectivity index (χ3n) is 5.07. The summed E-state index contributed by atoms with van der Waals surface area (Å²) in [5.74, 6) is 2.14. The summed E-state index contributed by atoms with van der Waals surface area (Å²) in [6.45, 7) is 9.17. The van der Waals surface area contributed by atoms with Gasteiger partial charge < -0.3 is 9.30 Å². The zero-order valence-electron chi connectivity index (χ0n) is 16.1. The number of methoxy groups -OCH3 is 1. The van der Waals surface area contributed by atoms with E-state index in [1.54, 1.807) is 7.11 Å². The van der Waals surface area contributed by atoms with E-state index in [9.17, 15) is 0 Å². The number of nitrogens with zero attached hydrogens (tertiary/aromatic N) is 2. The average Bonchev–Trinajstić information content (AvgIpc) is 3.04. The Kier molecular flexibility index (Phi) is 4.44. The largest absolute Gasteiger partial charge is 0.497 e. The highest BCUT2D eigenvalue weighted by Crippen LogP contribution is 2.30. The van der Waals surface area contributed by atoms with Crippen LogP contribution in [0, 0.1) is 0 Å². The van der Waals surface area contributed by atoms with Crippen molar-refractivity contribution in [3.05, 3.63) is 84.2 Å². The van der Waals surface area contributed by atoms with Gasteiger partial charge in [0.1, 0.15) is 11.6 Å². The normalized spacial score (nSPS) is 12.4. The van der Waals surface area contributed by atoms with Crippen molar-refractivity contribution in [1.29, 1.82) is 0 Å². The zero-order valence-corrected chi connectivity index (χ0v) is 16.1. The van der Waals surface area contributed by atoms with Gasteiger partial charge in [0.05, 0.1) is 18.1 Å². The van der Waals surface area contributed by atoms with Gasteiger partial charge in [-0.25, -0.2) is 4.98 Å². The molecular formula is C24H24N2O. The summed E-state index contributed by atoms with van der Waals surface area (Å²) in [7, 11) is 1.70. The molecule has 0 spiro atoms. The van der Waals surface area contributed by atoms with Crippen molar-refractivity contribution in [3.8, 4) is 5.75 Å². The van der Waals surface area contributed by atoms with Gasteiger partial charge in [0, 0.05) is 12.5 Å². The molecule has 0 aliphatic heterocycles. The van der Waals surface area contributed by atoms with Crippen LogP contribution in [0.2, 0.25) is 0 Å². The monoisotopic (exact) mass is 356 g/mol. The summed E-state index contributed by atoms with van der Waals surface area (Å²) in [6, 6.07) is 21.1. The van der Waals surface area contributed by atoms with Crippen LogP contribution in [0.25, 0.3) is 21.8 Å². The molecule has 1 atom stereocenters. The number of fused-ring (bicyclic) bond motifs is 2. The molecule has 3 heteroatoms. The Morgan fingerprint density at radius 2 is 1.81 bits per heavy atom. The van der Waals surface area contributed by atoms with Crippen LogP contribution in [0.4, 0.5) is 0 Å². The van der Waals surface area contributed by atoms with E-state index in [-0.39, 0.29) is 5.92 Å². The van der Waals surface area contributed by atoms with Gasteiger partial charge in [-0.05, 0) is 47.5 Å². The molecule has 136 valence electrons. The van der Waals surface area contributed by atoms with Crippen molar-refractivity contribution in [2.24, 2.45) is 0 Å². The quantitative estimate of drug-likeness (QED) is 0.415. The smallest absolute Gasteiger partial charge is 0.119 e. The third-order valence-corrected chi connectivity index (χ3v) is 5.07. The van der Waals surface area contributed by atoms with Crippen LogP contribution in [0.15, 0.2) is 72.8 Å². The second-order valence-electron chi connectivity index (χ2n) is 7.20. The number of aromatic nitrogens is 2. The number of allylic oxidation sites excluding steroid dienone is 1. The number of benzene rings is 3. The van der Waals surface area contributed by atoms with Gasteiger partial charge in [0.25, 0.3) is 0 Å². The molecule has 1 unspecified atom stereocenters. The van der Waals surface area contributed by atoms with Crippen molar-refractivity contribution in [2.45, 2.75) is 26.3 Å². The summed E-state index contributed by atoms with van der Waals surface area (Å²) in [5, 5.41) is 2.39. The van der Waals surface area contributed by atoms with Gasteiger partial charge in [0.15, 0.2) is 0 Å². The number of ether oxygens (including phenoxy) is 1. The first-order valence-electron chi connectivity index (χ1n) is 9.24. The molecule has 0 radical (unpaired) electrons. The lowest BCUT2D eigenvalue weighted by Crippen LogP contribution is -2.09. The van der Waals surface area contributed by atoms with Crippen molar-refractivity contribution in [3.63, 3.8) is 0 Å². The molecule has 27 heavy (non-hydrogen) atoms. The van der Waals surface area contributed by atoms with Gasteiger partial charge in [-0.15, -0.1) is 0 Å². The molecule has 4 rings (SSSR count). The van der Waals surface area contributed by atoms with Crippen LogP contribution in [0.1, 0.15) is 31.2 Å². The number of para-hydroxylation sites is 2. The van der Waals surface area contributed by atoms with E-state index in [0.717, 1.165) is 34.7 Å². The maximum Gasteiger partial charge on any atom is 0.119 e. The summed E-state index contributed by atoms with van der Waals surface area (Å²) in [4.78, 5) is 4.95. The fourth-order valence-electron chi connectivity index (χ4n) is 3.65. The maximum absolute atomic E-state index is 5.33.